The Balaban J connectivity index is 1.52. The van der Waals surface area contributed by atoms with Gasteiger partial charge in [0.15, 0.2) is 11.6 Å². The number of hydrogen-bond donors (Lipinski definition) is 0. The number of ether oxygens (including phenoxy) is 2. The second-order valence-electron chi connectivity index (χ2n) is 8.17. The first kappa shape index (κ1) is 24.0. The maximum Gasteiger partial charge on any atom is 0.419 e. The molecule has 174 valence electrons. The smallest absolute Gasteiger partial charge is 0.419 e. The number of alkyl halides is 3. The van der Waals surface area contributed by atoms with Crippen molar-refractivity contribution in [3.05, 3.63) is 36.0 Å². The SMILES string of the molecule is CC(=O)C[C@@H](C)COC1CCC(Oc2ncc(-c3ncc(C(F)(F)F)cn3)cc2F)CC1. The van der Waals surface area contributed by atoms with Crippen LogP contribution >= 0.6 is 0 Å². The van der Waals surface area contributed by atoms with E-state index in [1.54, 1.807) is 6.92 Å². The molecule has 0 amide bonds. The predicted molar refractivity (Wildman–Crippen MR) is 107 cm³/mol. The Morgan fingerprint density at radius 3 is 2.28 bits per heavy atom. The van der Waals surface area contributed by atoms with Crippen molar-refractivity contribution < 1.29 is 31.8 Å². The van der Waals surface area contributed by atoms with E-state index in [1.807, 2.05) is 6.92 Å². The molecule has 1 saturated carbocycles. The number of hydrogen-bond acceptors (Lipinski definition) is 6. The molecule has 1 atom stereocenters. The first-order valence-corrected chi connectivity index (χ1v) is 10.4. The number of pyridine rings is 1. The number of ketones is 1. The molecule has 0 spiro atoms. The summed E-state index contributed by atoms with van der Waals surface area (Å²) in [7, 11) is 0. The largest absolute Gasteiger partial charge is 0.472 e. The Labute approximate surface area is 183 Å². The summed E-state index contributed by atoms with van der Waals surface area (Å²) in [5.74, 6) is -0.647. The van der Waals surface area contributed by atoms with Gasteiger partial charge in [-0.15, -0.1) is 0 Å². The summed E-state index contributed by atoms with van der Waals surface area (Å²) in [6.07, 6.45) is 1.26. The summed E-state index contributed by atoms with van der Waals surface area (Å²) in [6.45, 7) is 4.07. The number of rotatable bonds is 8. The molecule has 32 heavy (non-hydrogen) atoms. The van der Waals surface area contributed by atoms with E-state index in [4.69, 9.17) is 9.47 Å². The van der Waals surface area contributed by atoms with Crippen LogP contribution in [0, 0.1) is 11.7 Å². The molecule has 2 heterocycles. The minimum absolute atomic E-state index is 0.0624. The van der Waals surface area contributed by atoms with Crippen LogP contribution in [0.5, 0.6) is 5.88 Å². The lowest BCUT2D eigenvalue weighted by Gasteiger charge is -2.29. The average Bonchev–Trinajstić information content (AvgIpc) is 2.73. The predicted octanol–water partition coefficient (Wildman–Crippen LogP) is 5.02. The van der Waals surface area contributed by atoms with Crippen LogP contribution in [0.15, 0.2) is 24.7 Å². The monoisotopic (exact) mass is 455 g/mol. The number of aromatic nitrogens is 3. The molecule has 10 heteroatoms. The highest BCUT2D eigenvalue weighted by Crippen LogP contribution is 2.30. The summed E-state index contributed by atoms with van der Waals surface area (Å²) < 4.78 is 63.9. The Kier molecular flexibility index (Phi) is 7.76. The molecular weight excluding hydrogens is 430 g/mol. The summed E-state index contributed by atoms with van der Waals surface area (Å²) >= 11 is 0. The maximum atomic E-state index is 14.5. The zero-order valence-electron chi connectivity index (χ0n) is 17.9. The molecule has 0 unspecified atom stereocenters. The van der Waals surface area contributed by atoms with Crippen molar-refractivity contribution in [1.82, 2.24) is 15.0 Å². The van der Waals surface area contributed by atoms with Gasteiger partial charge in [-0.05, 0) is 44.6 Å². The normalized spacial score (nSPS) is 20.1. The standard InChI is InChI=1S/C22H25F4N3O3/c1-13(7-14(2)30)12-31-17-3-5-18(6-4-17)32-21-19(23)8-15(9-29-21)20-27-10-16(11-28-20)22(24,25)26/h8-11,13,17-18H,3-7,12H2,1-2H3/t13-,17?,18?/m1/s1. The molecule has 1 aliphatic carbocycles. The number of halogens is 4. The third-order valence-electron chi connectivity index (χ3n) is 5.20. The third kappa shape index (κ3) is 6.69. The first-order chi connectivity index (χ1) is 15.1. The van der Waals surface area contributed by atoms with E-state index in [0.717, 1.165) is 18.9 Å². The van der Waals surface area contributed by atoms with E-state index in [-0.39, 0.29) is 41.2 Å². The fourth-order valence-electron chi connectivity index (χ4n) is 3.58. The summed E-state index contributed by atoms with van der Waals surface area (Å²) in [5, 5.41) is 0. The van der Waals surface area contributed by atoms with E-state index in [2.05, 4.69) is 15.0 Å². The molecule has 3 rings (SSSR count). The lowest BCUT2D eigenvalue weighted by Crippen LogP contribution is -2.30. The summed E-state index contributed by atoms with van der Waals surface area (Å²) in [5.41, 5.74) is -0.831. The molecule has 2 aromatic rings. The molecule has 1 fully saturated rings. The lowest BCUT2D eigenvalue weighted by molar-refractivity contribution is -0.138. The Bertz CT molecular complexity index is 914. The highest BCUT2D eigenvalue weighted by molar-refractivity contribution is 5.75. The van der Waals surface area contributed by atoms with Gasteiger partial charge in [-0.25, -0.2) is 19.3 Å². The second-order valence-corrected chi connectivity index (χ2v) is 8.17. The topological polar surface area (TPSA) is 74.2 Å². The van der Waals surface area contributed by atoms with Gasteiger partial charge in [-0.2, -0.15) is 13.2 Å². The van der Waals surface area contributed by atoms with E-state index in [9.17, 15) is 22.4 Å². The van der Waals surface area contributed by atoms with Crippen molar-refractivity contribution >= 4 is 5.78 Å². The summed E-state index contributed by atoms with van der Waals surface area (Å²) in [6, 6.07) is 1.09. The van der Waals surface area contributed by atoms with Crippen LogP contribution in [0.3, 0.4) is 0 Å². The number of carbonyl (C=O) groups is 1. The van der Waals surface area contributed by atoms with Crippen LogP contribution in [0.2, 0.25) is 0 Å². The highest BCUT2D eigenvalue weighted by Gasteiger charge is 2.31. The molecular formula is C22H25F4N3O3. The van der Waals surface area contributed by atoms with E-state index < -0.39 is 17.6 Å². The Hall–Kier alpha value is -2.62. The van der Waals surface area contributed by atoms with Crippen LogP contribution in [-0.2, 0) is 15.7 Å². The molecule has 2 aromatic heterocycles. The van der Waals surface area contributed by atoms with Gasteiger partial charge in [0.1, 0.15) is 11.9 Å². The number of Topliss-reactive ketones (excluding diaryl/α,β-unsaturated/α-hetero) is 1. The van der Waals surface area contributed by atoms with E-state index in [1.165, 1.54) is 6.20 Å². The van der Waals surface area contributed by atoms with Crippen LogP contribution in [-0.4, -0.2) is 39.5 Å². The molecule has 1 aliphatic rings. The Morgan fingerprint density at radius 1 is 1.09 bits per heavy atom. The molecule has 0 aromatic carbocycles. The third-order valence-corrected chi connectivity index (χ3v) is 5.20. The average molecular weight is 455 g/mol. The van der Waals surface area contributed by atoms with Crippen molar-refractivity contribution in [3.63, 3.8) is 0 Å². The van der Waals surface area contributed by atoms with Gasteiger partial charge in [0.25, 0.3) is 5.88 Å². The van der Waals surface area contributed by atoms with Gasteiger partial charge in [-0.3, -0.25) is 0 Å². The highest BCUT2D eigenvalue weighted by atomic mass is 19.4. The Morgan fingerprint density at radius 2 is 1.72 bits per heavy atom. The zero-order valence-corrected chi connectivity index (χ0v) is 17.9. The molecule has 6 nitrogen and oxygen atoms in total. The molecule has 0 radical (unpaired) electrons. The van der Waals surface area contributed by atoms with Gasteiger partial charge in [-0.1, -0.05) is 6.92 Å². The maximum absolute atomic E-state index is 14.5. The van der Waals surface area contributed by atoms with Crippen molar-refractivity contribution in [2.24, 2.45) is 5.92 Å². The van der Waals surface area contributed by atoms with Crippen LogP contribution < -0.4 is 4.74 Å². The van der Waals surface area contributed by atoms with Crippen LogP contribution in [0.25, 0.3) is 11.4 Å². The second kappa shape index (κ2) is 10.3. The van der Waals surface area contributed by atoms with E-state index >= 15 is 0 Å². The fraction of sp³-hybridized carbons (Fsp3) is 0.545. The van der Waals surface area contributed by atoms with Crippen molar-refractivity contribution in [3.8, 4) is 17.3 Å². The molecule has 0 bridgehead atoms. The van der Waals surface area contributed by atoms with Gasteiger partial charge in [0, 0.05) is 37.2 Å². The minimum atomic E-state index is -4.55. The fourth-order valence-corrected chi connectivity index (χ4v) is 3.58. The minimum Gasteiger partial charge on any atom is -0.472 e. The van der Waals surface area contributed by atoms with Gasteiger partial charge >= 0.3 is 6.18 Å². The summed E-state index contributed by atoms with van der Waals surface area (Å²) in [4.78, 5) is 22.4. The van der Waals surface area contributed by atoms with Crippen molar-refractivity contribution in [2.45, 2.75) is 64.3 Å². The molecule has 0 saturated heterocycles. The van der Waals surface area contributed by atoms with Gasteiger partial charge < -0.3 is 14.3 Å². The quantitative estimate of drug-likeness (QED) is 0.521. The lowest BCUT2D eigenvalue weighted by atomic mass is 9.94. The van der Waals surface area contributed by atoms with Crippen LogP contribution in [0.4, 0.5) is 17.6 Å². The van der Waals surface area contributed by atoms with Gasteiger partial charge in [0.2, 0.25) is 0 Å². The molecule has 0 N–H and O–H groups in total. The first-order valence-electron chi connectivity index (χ1n) is 10.4. The zero-order chi connectivity index (χ0) is 23.3. The van der Waals surface area contributed by atoms with Crippen LogP contribution in [0.1, 0.15) is 51.5 Å². The van der Waals surface area contributed by atoms with Crippen molar-refractivity contribution in [2.75, 3.05) is 6.61 Å². The van der Waals surface area contributed by atoms with Gasteiger partial charge in [0.05, 0.1) is 11.7 Å². The number of nitrogens with zero attached hydrogens (tertiary/aromatic N) is 3. The van der Waals surface area contributed by atoms with E-state index in [0.29, 0.717) is 38.3 Å². The van der Waals surface area contributed by atoms with Crippen molar-refractivity contribution in [1.29, 1.82) is 0 Å². The molecule has 0 aliphatic heterocycles. The number of carbonyl (C=O) groups excluding carboxylic acids is 1.